The van der Waals surface area contributed by atoms with E-state index in [0.29, 0.717) is 23.6 Å². The molecule has 0 spiro atoms. The van der Waals surface area contributed by atoms with E-state index in [1.54, 1.807) is 37.4 Å². The first-order valence-corrected chi connectivity index (χ1v) is 7.14. The van der Waals surface area contributed by atoms with Gasteiger partial charge in [0.2, 0.25) is 11.8 Å². The van der Waals surface area contributed by atoms with Crippen molar-refractivity contribution < 1.29 is 19.5 Å². The Morgan fingerprint density at radius 2 is 2.00 bits per heavy atom. The average molecular weight is 312 g/mol. The Morgan fingerprint density at radius 3 is 2.70 bits per heavy atom. The molecule has 2 aromatic carbocycles. The predicted molar refractivity (Wildman–Crippen MR) is 85.1 cm³/mol. The van der Waals surface area contributed by atoms with Crippen molar-refractivity contribution in [1.82, 2.24) is 0 Å². The number of nitrogens with zero attached hydrogens (tertiary/aromatic N) is 1. The number of amides is 1. The van der Waals surface area contributed by atoms with Gasteiger partial charge in [-0.25, -0.2) is 0 Å². The third kappa shape index (κ3) is 3.11. The summed E-state index contributed by atoms with van der Waals surface area (Å²) in [5, 5.41) is 15.1. The Bertz CT molecular complexity index is 741. The fourth-order valence-electron chi connectivity index (χ4n) is 2.46. The molecule has 0 aliphatic carbocycles. The van der Waals surface area contributed by atoms with Crippen LogP contribution >= 0.6 is 0 Å². The number of carbonyl (C=O) groups excluding carboxylic acids is 1. The number of benzene rings is 2. The summed E-state index contributed by atoms with van der Waals surface area (Å²) < 4.78 is 10.6. The minimum Gasteiger partial charge on any atom is -0.497 e. The Balaban J connectivity index is 1.78. The van der Waals surface area contributed by atoms with E-state index in [2.05, 4.69) is 10.5 Å². The number of methoxy groups -OCH3 is 1. The largest absolute Gasteiger partial charge is 0.497 e. The first-order chi connectivity index (χ1) is 11.2. The number of hydrogen-bond acceptors (Lipinski definition) is 5. The van der Waals surface area contributed by atoms with Crippen LogP contribution in [0.2, 0.25) is 0 Å². The molecule has 0 saturated carbocycles. The number of hydrogen-bond donors (Lipinski definition) is 2. The normalized spacial score (nSPS) is 18.0. The number of fused-ring (bicyclic) bond motifs is 1. The summed E-state index contributed by atoms with van der Waals surface area (Å²) >= 11 is 0. The van der Waals surface area contributed by atoms with Crippen molar-refractivity contribution >= 4 is 17.5 Å². The van der Waals surface area contributed by atoms with Crippen LogP contribution in [0.15, 0.2) is 53.7 Å². The molecular formula is C17H16N2O4. The fraction of sp³-hybridized carbons (Fsp3) is 0.176. The van der Waals surface area contributed by atoms with Crippen molar-refractivity contribution in [3.05, 3.63) is 54.1 Å². The SMILES string of the molecule is COc1ccc(NC(=O)C2Cc3ccccc3OC2=NO)cc1. The van der Waals surface area contributed by atoms with Crippen molar-refractivity contribution in [2.45, 2.75) is 6.42 Å². The van der Waals surface area contributed by atoms with E-state index < -0.39 is 5.92 Å². The molecule has 118 valence electrons. The predicted octanol–water partition coefficient (Wildman–Crippen LogP) is 2.67. The smallest absolute Gasteiger partial charge is 0.243 e. The van der Waals surface area contributed by atoms with Crippen molar-refractivity contribution in [1.29, 1.82) is 0 Å². The molecule has 1 aliphatic heterocycles. The Hall–Kier alpha value is -3.02. The summed E-state index contributed by atoms with van der Waals surface area (Å²) in [6.45, 7) is 0. The number of carbonyl (C=O) groups is 1. The molecule has 1 aliphatic rings. The van der Waals surface area contributed by atoms with Gasteiger partial charge in [-0.1, -0.05) is 23.4 Å². The highest BCUT2D eigenvalue weighted by Crippen LogP contribution is 2.29. The van der Waals surface area contributed by atoms with E-state index >= 15 is 0 Å². The van der Waals surface area contributed by atoms with Crippen LogP contribution in [0.25, 0.3) is 0 Å². The van der Waals surface area contributed by atoms with Gasteiger partial charge in [0.15, 0.2) is 0 Å². The second kappa shape index (κ2) is 6.39. The lowest BCUT2D eigenvalue weighted by Crippen LogP contribution is -2.37. The van der Waals surface area contributed by atoms with Crippen molar-refractivity contribution in [3.63, 3.8) is 0 Å². The molecule has 1 atom stereocenters. The van der Waals surface area contributed by atoms with Crippen LogP contribution < -0.4 is 14.8 Å². The molecule has 6 nitrogen and oxygen atoms in total. The summed E-state index contributed by atoms with van der Waals surface area (Å²) in [5.41, 5.74) is 1.53. The molecule has 6 heteroatoms. The molecule has 2 N–H and O–H groups in total. The van der Waals surface area contributed by atoms with Gasteiger partial charge >= 0.3 is 0 Å². The molecule has 0 saturated heterocycles. The Morgan fingerprint density at radius 1 is 1.26 bits per heavy atom. The van der Waals surface area contributed by atoms with Gasteiger partial charge in [-0.15, -0.1) is 0 Å². The van der Waals surface area contributed by atoms with E-state index in [1.165, 1.54) is 0 Å². The van der Waals surface area contributed by atoms with E-state index in [9.17, 15) is 4.79 Å². The lowest BCUT2D eigenvalue weighted by molar-refractivity contribution is -0.118. The molecule has 0 aromatic heterocycles. The molecule has 0 radical (unpaired) electrons. The van der Waals surface area contributed by atoms with Crippen molar-refractivity contribution in [2.24, 2.45) is 11.1 Å². The van der Waals surface area contributed by atoms with Crippen LogP contribution in [0.1, 0.15) is 5.56 Å². The average Bonchev–Trinajstić information content (AvgIpc) is 2.61. The maximum Gasteiger partial charge on any atom is 0.243 e. The monoisotopic (exact) mass is 312 g/mol. The topological polar surface area (TPSA) is 80.2 Å². The summed E-state index contributed by atoms with van der Waals surface area (Å²) in [4.78, 5) is 12.5. The third-order valence-corrected chi connectivity index (χ3v) is 3.68. The Labute approximate surface area is 133 Å². The fourth-order valence-corrected chi connectivity index (χ4v) is 2.46. The molecule has 2 aromatic rings. The minimum absolute atomic E-state index is 0.00490. The zero-order valence-electron chi connectivity index (χ0n) is 12.5. The number of ether oxygens (including phenoxy) is 2. The third-order valence-electron chi connectivity index (χ3n) is 3.68. The first kappa shape index (κ1) is 14.9. The van der Waals surface area contributed by atoms with Crippen LogP contribution in [0.4, 0.5) is 5.69 Å². The van der Waals surface area contributed by atoms with Crippen molar-refractivity contribution in [2.75, 3.05) is 12.4 Å². The minimum atomic E-state index is -0.683. The van der Waals surface area contributed by atoms with Gasteiger partial charge in [0.05, 0.1) is 7.11 Å². The Kier molecular flexibility index (Phi) is 4.14. The molecule has 1 heterocycles. The number of para-hydroxylation sites is 1. The van der Waals surface area contributed by atoms with Gasteiger partial charge in [-0.05, 0) is 42.3 Å². The highest BCUT2D eigenvalue weighted by atomic mass is 16.5. The maximum absolute atomic E-state index is 12.5. The zero-order valence-corrected chi connectivity index (χ0v) is 12.5. The second-order valence-corrected chi connectivity index (χ2v) is 5.12. The molecule has 3 rings (SSSR count). The van der Waals surface area contributed by atoms with Gasteiger partial charge in [0.25, 0.3) is 0 Å². The summed E-state index contributed by atoms with van der Waals surface area (Å²) in [5.74, 6) is 0.327. The number of anilines is 1. The van der Waals surface area contributed by atoms with Gasteiger partial charge in [0.1, 0.15) is 17.4 Å². The molecule has 0 bridgehead atoms. The molecular weight excluding hydrogens is 296 g/mol. The number of oxime groups is 1. The standard InChI is InChI=1S/C17H16N2O4/c1-22-13-8-6-12(7-9-13)18-16(20)14-10-11-4-2-3-5-15(11)23-17(14)19-21/h2-9,14,21H,10H2,1H3,(H,18,20). The highest BCUT2D eigenvalue weighted by Gasteiger charge is 2.33. The van der Waals surface area contributed by atoms with Crippen LogP contribution in [0.5, 0.6) is 11.5 Å². The van der Waals surface area contributed by atoms with Crippen LogP contribution in [-0.4, -0.2) is 24.1 Å². The van der Waals surface area contributed by atoms with E-state index in [0.717, 1.165) is 5.56 Å². The molecule has 1 amide bonds. The van der Waals surface area contributed by atoms with Crippen molar-refractivity contribution in [3.8, 4) is 11.5 Å². The summed E-state index contributed by atoms with van der Waals surface area (Å²) in [6.07, 6.45) is 0.414. The zero-order chi connectivity index (χ0) is 16.2. The van der Waals surface area contributed by atoms with Crippen LogP contribution in [0, 0.1) is 5.92 Å². The molecule has 23 heavy (non-hydrogen) atoms. The lowest BCUT2D eigenvalue weighted by Gasteiger charge is -2.24. The van der Waals surface area contributed by atoms with Crippen LogP contribution in [-0.2, 0) is 11.2 Å². The highest BCUT2D eigenvalue weighted by molar-refractivity contribution is 6.07. The first-order valence-electron chi connectivity index (χ1n) is 7.14. The van der Waals surface area contributed by atoms with Gasteiger partial charge in [-0.2, -0.15) is 0 Å². The lowest BCUT2D eigenvalue weighted by atomic mass is 9.95. The van der Waals surface area contributed by atoms with Gasteiger partial charge in [-0.3, -0.25) is 4.79 Å². The maximum atomic E-state index is 12.5. The van der Waals surface area contributed by atoms with Crippen LogP contribution in [0.3, 0.4) is 0 Å². The quantitative estimate of drug-likeness (QED) is 0.674. The second-order valence-electron chi connectivity index (χ2n) is 5.12. The summed E-state index contributed by atoms with van der Waals surface area (Å²) in [6, 6.07) is 14.4. The van der Waals surface area contributed by atoms with E-state index in [-0.39, 0.29) is 11.8 Å². The number of nitrogens with one attached hydrogen (secondary N) is 1. The van der Waals surface area contributed by atoms with E-state index in [1.807, 2.05) is 18.2 Å². The molecule has 0 fully saturated rings. The van der Waals surface area contributed by atoms with Gasteiger partial charge < -0.3 is 20.0 Å². The van der Waals surface area contributed by atoms with E-state index in [4.69, 9.17) is 14.7 Å². The molecule has 1 unspecified atom stereocenters. The number of rotatable bonds is 3. The summed E-state index contributed by atoms with van der Waals surface area (Å²) in [7, 11) is 1.58. The van der Waals surface area contributed by atoms with Gasteiger partial charge in [0, 0.05) is 5.69 Å².